The van der Waals surface area contributed by atoms with E-state index in [-0.39, 0.29) is 6.04 Å². The van der Waals surface area contributed by atoms with E-state index in [0.29, 0.717) is 12.2 Å². The Morgan fingerprint density at radius 3 is 2.22 bits per heavy atom. The molecule has 0 unspecified atom stereocenters. The molecule has 0 bridgehead atoms. The van der Waals surface area contributed by atoms with Crippen LogP contribution < -0.4 is 4.74 Å². The zero-order valence-electron chi connectivity index (χ0n) is 21.1. The van der Waals surface area contributed by atoms with Gasteiger partial charge in [0.1, 0.15) is 12.4 Å². The molecule has 0 aliphatic heterocycles. The summed E-state index contributed by atoms with van der Waals surface area (Å²) in [6.45, 7) is 2.34. The number of nitrogens with zero attached hydrogens (tertiary/aromatic N) is 2. The number of carbonyl (C=O) groups is 1. The highest BCUT2D eigenvalue weighted by Gasteiger charge is 2.27. The largest absolute Gasteiger partial charge is 0.489 e. The van der Waals surface area contributed by atoms with E-state index in [4.69, 9.17) is 9.84 Å². The van der Waals surface area contributed by atoms with Crippen LogP contribution in [0.1, 0.15) is 56.3 Å². The highest BCUT2D eigenvalue weighted by atomic mass is 16.5. The molecule has 0 spiro atoms. The molecule has 1 fully saturated rings. The van der Waals surface area contributed by atoms with E-state index in [1.54, 1.807) is 0 Å². The maximum absolute atomic E-state index is 11.6. The summed E-state index contributed by atoms with van der Waals surface area (Å²) in [5.41, 5.74) is 6.55. The smallest absolute Gasteiger partial charge is 0.328 e. The first kappa shape index (κ1) is 24.6. The molecule has 1 aromatic heterocycles. The van der Waals surface area contributed by atoms with Crippen molar-refractivity contribution in [3.05, 3.63) is 102 Å². The summed E-state index contributed by atoms with van der Waals surface area (Å²) in [4.78, 5) is 11.6. The number of benzene rings is 3. The van der Waals surface area contributed by atoms with Gasteiger partial charge in [-0.2, -0.15) is 5.10 Å². The maximum Gasteiger partial charge on any atom is 0.328 e. The SMILES string of the molecule is C/C(=C\C(=O)O)c1nn(C2CCCCC2)c(-c2ccc(OCc3ccccc3)cc2)c1-c1ccccc1. The van der Waals surface area contributed by atoms with Gasteiger partial charge in [0.2, 0.25) is 0 Å². The summed E-state index contributed by atoms with van der Waals surface area (Å²) in [5, 5.41) is 14.6. The maximum atomic E-state index is 11.6. The van der Waals surface area contributed by atoms with Crippen molar-refractivity contribution in [1.29, 1.82) is 0 Å². The number of hydrogen-bond donors (Lipinski definition) is 1. The van der Waals surface area contributed by atoms with E-state index in [1.807, 2.05) is 55.5 Å². The van der Waals surface area contributed by atoms with E-state index in [1.165, 1.54) is 25.3 Å². The van der Waals surface area contributed by atoms with E-state index >= 15 is 0 Å². The second-order valence-electron chi connectivity index (χ2n) is 9.64. The first-order valence-electron chi connectivity index (χ1n) is 13.0. The van der Waals surface area contributed by atoms with Crippen LogP contribution in [0.25, 0.3) is 28.0 Å². The second-order valence-corrected chi connectivity index (χ2v) is 9.64. The summed E-state index contributed by atoms with van der Waals surface area (Å²) in [5.74, 6) is -0.162. The number of carboxylic acid groups (broad SMARTS) is 1. The minimum absolute atomic E-state index is 0.284. The average Bonchev–Trinajstić information content (AvgIpc) is 3.34. The Labute approximate surface area is 218 Å². The Morgan fingerprint density at radius 2 is 1.57 bits per heavy atom. The molecule has 1 heterocycles. The van der Waals surface area contributed by atoms with Gasteiger partial charge in [-0.15, -0.1) is 0 Å². The second kappa shape index (κ2) is 11.3. The Morgan fingerprint density at radius 1 is 0.919 bits per heavy atom. The van der Waals surface area contributed by atoms with E-state index in [2.05, 4.69) is 41.1 Å². The predicted octanol–water partition coefficient (Wildman–Crippen LogP) is 7.79. The van der Waals surface area contributed by atoms with Crippen molar-refractivity contribution in [2.75, 3.05) is 0 Å². The summed E-state index contributed by atoms with van der Waals surface area (Å²) < 4.78 is 8.20. The van der Waals surface area contributed by atoms with Gasteiger partial charge in [0.05, 0.1) is 17.4 Å². The van der Waals surface area contributed by atoms with Crippen molar-refractivity contribution >= 4 is 11.5 Å². The first-order valence-corrected chi connectivity index (χ1v) is 13.0. The van der Waals surface area contributed by atoms with Gasteiger partial charge >= 0.3 is 5.97 Å². The third kappa shape index (κ3) is 5.67. The predicted molar refractivity (Wildman–Crippen MR) is 147 cm³/mol. The van der Waals surface area contributed by atoms with E-state index < -0.39 is 5.97 Å². The normalized spacial score (nSPS) is 14.5. The lowest BCUT2D eigenvalue weighted by molar-refractivity contribution is -0.131. The molecule has 0 amide bonds. The highest BCUT2D eigenvalue weighted by molar-refractivity contribution is 5.95. The standard InChI is InChI=1S/C32H32N2O3/c1-23(21-29(35)36)31-30(25-13-7-3-8-14-25)32(34(33-31)27-15-9-4-10-16-27)26-17-19-28(20-18-26)37-22-24-11-5-2-6-12-24/h2-3,5-8,11-14,17-21,27H,4,9-10,15-16,22H2,1H3,(H,35,36)/b23-21+. The van der Waals surface area contributed by atoms with Crippen molar-refractivity contribution in [1.82, 2.24) is 9.78 Å². The van der Waals surface area contributed by atoms with Crippen LogP contribution in [0.2, 0.25) is 0 Å². The molecular weight excluding hydrogens is 460 g/mol. The number of rotatable bonds is 8. The molecule has 1 saturated carbocycles. The number of allylic oxidation sites excluding steroid dienone is 1. The summed E-state index contributed by atoms with van der Waals surface area (Å²) in [6.07, 6.45) is 7.00. The lowest BCUT2D eigenvalue weighted by Crippen LogP contribution is -2.15. The first-order chi connectivity index (χ1) is 18.1. The van der Waals surface area contributed by atoms with Gasteiger partial charge in [0.25, 0.3) is 0 Å². The van der Waals surface area contributed by atoms with Gasteiger partial charge in [-0.25, -0.2) is 4.79 Å². The van der Waals surface area contributed by atoms with Gasteiger partial charge in [0, 0.05) is 17.2 Å². The molecule has 5 nitrogen and oxygen atoms in total. The van der Waals surface area contributed by atoms with Crippen molar-refractivity contribution in [3.63, 3.8) is 0 Å². The van der Waals surface area contributed by atoms with Gasteiger partial charge < -0.3 is 9.84 Å². The van der Waals surface area contributed by atoms with Crippen molar-refractivity contribution in [2.24, 2.45) is 0 Å². The lowest BCUT2D eigenvalue weighted by Gasteiger charge is -2.24. The van der Waals surface area contributed by atoms with Gasteiger partial charge in [-0.3, -0.25) is 4.68 Å². The Balaban J connectivity index is 1.60. The molecule has 1 aliphatic carbocycles. The summed E-state index contributed by atoms with van der Waals surface area (Å²) in [7, 11) is 0. The molecule has 5 heteroatoms. The molecule has 4 aromatic rings. The zero-order chi connectivity index (χ0) is 25.6. The number of ether oxygens (including phenoxy) is 1. The quantitative estimate of drug-likeness (QED) is 0.255. The van der Waals surface area contributed by atoms with Crippen LogP contribution in [0.5, 0.6) is 5.75 Å². The molecule has 5 rings (SSSR count). The molecule has 0 saturated heterocycles. The molecule has 188 valence electrons. The lowest BCUT2D eigenvalue weighted by atomic mass is 9.93. The molecule has 0 radical (unpaired) electrons. The topological polar surface area (TPSA) is 64.3 Å². The molecule has 0 atom stereocenters. The van der Waals surface area contributed by atoms with Crippen molar-refractivity contribution in [2.45, 2.75) is 51.7 Å². The number of aliphatic carboxylic acids is 1. The fourth-order valence-corrected chi connectivity index (χ4v) is 5.16. The van der Waals surface area contributed by atoms with Crippen LogP contribution in [-0.4, -0.2) is 20.9 Å². The van der Waals surface area contributed by atoms with Gasteiger partial charge in [-0.1, -0.05) is 79.9 Å². The van der Waals surface area contributed by atoms with Crippen LogP contribution in [0, 0.1) is 0 Å². The van der Waals surface area contributed by atoms with E-state index in [9.17, 15) is 9.90 Å². The van der Waals surface area contributed by atoms with Crippen LogP contribution >= 0.6 is 0 Å². The average molecular weight is 493 g/mol. The zero-order valence-corrected chi connectivity index (χ0v) is 21.1. The van der Waals surface area contributed by atoms with Crippen LogP contribution in [0.3, 0.4) is 0 Å². The van der Waals surface area contributed by atoms with E-state index in [0.717, 1.165) is 52.2 Å². The van der Waals surface area contributed by atoms with Gasteiger partial charge in [-0.05, 0) is 60.7 Å². The highest BCUT2D eigenvalue weighted by Crippen LogP contribution is 2.42. The Kier molecular flexibility index (Phi) is 7.50. The fraction of sp³-hybridized carbons (Fsp3) is 0.250. The summed E-state index contributed by atoms with van der Waals surface area (Å²) in [6, 6.07) is 28.8. The third-order valence-corrected chi connectivity index (χ3v) is 6.98. The molecule has 1 N–H and O–H groups in total. The monoisotopic (exact) mass is 492 g/mol. The van der Waals surface area contributed by atoms with Gasteiger partial charge in [0.15, 0.2) is 0 Å². The summed E-state index contributed by atoms with van der Waals surface area (Å²) >= 11 is 0. The Bertz CT molecular complexity index is 1370. The van der Waals surface area contributed by atoms with Crippen LogP contribution in [0.4, 0.5) is 0 Å². The Hall–Kier alpha value is -4.12. The molecule has 37 heavy (non-hydrogen) atoms. The number of hydrogen-bond acceptors (Lipinski definition) is 3. The third-order valence-electron chi connectivity index (χ3n) is 6.98. The number of carboxylic acids is 1. The molecule has 3 aromatic carbocycles. The fourth-order valence-electron chi connectivity index (χ4n) is 5.16. The van der Waals surface area contributed by atoms with Crippen LogP contribution in [-0.2, 0) is 11.4 Å². The molecular formula is C32H32N2O3. The van der Waals surface area contributed by atoms with Crippen molar-refractivity contribution < 1.29 is 14.6 Å². The molecule has 1 aliphatic rings. The minimum Gasteiger partial charge on any atom is -0.489 e. The number of aromatic nitrogens is 2. The minimum atomic E-state index is -0.967. The van der Waals surface area contributed by atoms with Crippen LogP contribution in [0.15, 0.2) is 91.0 Å². The van der Waals surface area contributed by atoms with Crippen molar-refractivity contribution in [3.8, 4) is 28.1 Å².